The van der Waals surface area contributed by atoms with Gasteiger partial charge < -0.3 is 14.4 Å². The second-order valence-electron chi connectivity index (χ2n) is 7.47. The lowest BCUT2D eigenvalue weighted by molar-refractivity contribution is 0.0275. The Morgan fingerprint density at radius 3 is 2.85 bits per heavy atom. The third kappa shape index (κ3) is 5.03. The van der Waals surface area contributed by atoms with Gasteiger partial charge >= 0.3 is 6.09 Å². The molecule has 1 fully saturated rings. The number of nitrogens with zero attached hydrogens (tertiary/aromatic N) is 3. The molecule has 3 rings (SSSR count). The molecule has 0 unspecified atom stereocenters. The van der Waals surface area contributed by atoms with E-state index >= 15 is 0 Å². The molecule has 27 heavy (non-hydrogen) atoms. The first-order valence-electron chi connectivity index (χ1n) is 8.87. The van der Waals surface area contributed by atoms with Crippen LogP contribution >= 0.6 is 0 Å². The SMILES string of the molecule is CC(C)(C)OC(=O)N1CC[C@H](Oc2cnnc(-c3cccc(C=O)c3)c2)C1. The van der Waals surface area contributed by atoms with Crippen LogP contribution in [0.25, 0.3) is 11.3 Å². The molecule has 1 aliphatic heterocycles. The van der Waals surface area contributed by atoms with E-state index in [-0.39, 0.29) is 12.2 Å². The number of carbonyl (C=O) groups excluding carboxylic acids is 2. The van der Waals surface area contributed by atoms with Gasteiger partial charge in [0, 0.05) is 30.2 Å². The Balaban J connectivity index is 1.65. The number of benzene rings is 1. The smallest absolute Gasteiger partial charge is 0.410 e. The average Bonchev–Trinajstić information content (AvgIpc) is 3.09. The fraction of sp³-hybridized carbons (Fsp3) is 0.400. The van der Waals surface area contributed by atoms with E-state index in [1.807, 2.05) is 26.8 Å². The van der Waals surface area contributed by atoms with Crippen LogP contribution in [0.5, 0.6) is 5.75 Å². The molecule has 0 bridgehead atoms. The van der Waals surface area contributed by atoms with Crippen LogP contribution in [0.1, 0.15) is 37.6 Å². The van der Waals surface area contributed by atoms with Crippen molar-refractivity contribution in [2.45, 2.75) is 38.9 Å². The highest BCUT2D eigenvalue weighted by molar-refractivity contribution is 5.78. The molecule has 0 aliphatic carbocycles. The minimum absolute atomic E-state index is 0.129. The van der Waals surface area contributed by atoms with Crippen molar-refractivity contribution in [2.75, 3.05) is 13.1 Å². The Kier molecular flexibility index (Phi) is 5.39. The van der Waals surface area contributed by atoms with Crippen LogP contribution in [0.3, 0.4) is 0 Å². The zero-order valence-electron chi connectivity index (χ0n) is 15.7. The van der Waals surface area contributed by atoms with E-state index in [9.17, 15) is 9.59 Å². The van der Waals surface area contributed by atoms with Crippen molar-refractivity contribution in [1.29, 1.82) is 0 Å². The molecule has 1 aromatic carbocycles. The van der Waals surface area contributed by atoms with E-state index in [1.54, 1.807) is 35.4 Å². The molecule has 0 spiro atoms. The zero-order chi connectivity index (χ0) is 19.4. The van der Waals surface area contributed by atoms with Gasteiger partial charge in [0.15, 0.2) is 0 Å². The van der Waals surface area contributed by atoms with Crippen LogP contribution in [0.4, 0.5) is 4.79 Å². The number of amides is 1. The Hall–Kier alpha value is -2.96. The summed E-state index contributed by atoms with van der Waals surface area (Å²) in [5, 5.41) is 8.11. The van der Waals surface area contributed by atoms with Gasteiger partial charge in [-0.15, -0.1) is 0 Å². The Labute approximate surface area is 158 Å². The van der Waals surface area contributed by atoms with E-state index in [2.05, 4.69) is 10.2 Å². The van der Waals surface area contributed by atoms with Gasteiger partial charge in [-0.3, -0.25) is 4.79 Å². The quantitative estimate of drug-likeness (QED) is 0.769. The lowest BCUT2D eigenvalue weighted by atomic mass is 10.1. The first-order chi connectivity index (χ1) is 12.8. The monoisotopic (exact) mass is 369 g/mol. The third-order valence-electron chi connectivity index (χ3n) is 4.05. The Morgan fingerprint density at radius 1 is 1.30 bits per heavy atom. The molecule has 142 valence electrons. The van der Waals surface area contributed by atoms with E-state index in [4.69, 9.17) is 9.47 Å². The molecule has 1 amide bonds. The maximum atomic E-state index is 12.2. The highest BCUT2D eigenvalue weighted by Gasteiger charge is 2.31. The van der Waals surface area contributed by atoms with Crippen molar-refractivity contribution < 1.29 is 19.1 Å². The number of likely N-dealkylation sites (tertiary alicyclic amines) is 1. The molecule has 0 N–H and O–H groups in total. The minimum Gasteiger partial charge on any atom is -0.487 e. The number of rotatable bonds is 4. The van der Waals surface area contributed by atoms with Crippen molar-refractivity contribution in [1.82, 2.24) is 15.1 Å². The molecule has 1 aromatic heterocycles. The predicted molar refractivity (Wildman–Crippen MR) is 99.7 cm³/mol. The number of ether oxygens (including phenoxy) is 2. The summed E-state index contributed by atoms with van der Waals surface area (Å²) in [7, 11) is 0. The predicted octanol–water partition coefficient (Wildman–Crippen LogP) is 3.34. The van der Waals surface area contributed by atoms with Gasteiger partial charge in [0.25, 0.3) is 0 Å². The van der Waals surface area contributed by atoms with Crippen molar-refractivity contribution in [3.05, 3.63) is 42.1 Å². The largest absolute Gasteiger partial charge is 0.487 e. The number of hydrogen-bond donors (Lipinski definition) is 0. The van der Waals surface area contributed by atoms with Gasteiger partial charge in [0.1, 0.15) is 23.7 Å². The van der Waals surface area contributed by atoms with Gasteiger partial charge in [-0.25, -0.2) is 4.79 Å². The first-order valence-corrected chi connectivity index (χ1v) is 8.87. The summed E-state index contributed by atoms with van der Waals surface area (Å²) < 4.78 is 11.4. The van der Waals surface area contributed by atoms with Gasteiger partial charge in [0.2, 0.25) is 0 Å². The van der Waals surface area contributed by atoms with Crippen molar-refractivity contribution >= 4 is 12.4 Å². The molecule has 7 nitrogen and oxygen atoms in total. The zero-order valence-corrected chi connectivity index (χ0v) is 15.7. The van der Waals surface area contributed by atoms with Crippen LogP contribution < -0.4 is 4.74 Å². The van der Waals surface area contributed by atoms with Crippen LogP contribution in [0, 0.1) is 0 Å². The van der Waals surface area contributed by atoms with E-state index < -0.39 is 5.60 Å². The highest BCUT2D eigenvalue weighted by atomic mass is 16.6. The second kappa shape index (κ2) is 7.73. The molecule has 2 heterocycles. The normalized spacial score (nSPS) is 16.9. The summed E-state index contributed by atoms with van der Waals surface area (Å²) >= 11 is 0. The summed E-state index contributed by atoms with van der Waals surface area (Å²) in [6.45, 7) is 6.59. The number of aromatic nitrogens is 2. The first kappa shape index (κ1) is 18.8. The minimum atomic E-state index is -0.518. The van der Waals surface area contributed by atoms with Gasteiger partial charge in [-0.05, 0) is 26.8 Å². The average molecular weight is 369 g/mol. The Morgan fingerprint density at radius 2 is 2.11 bits per heavy atom. The van der Waals surface area contributed by atoms with Crippen molar-refractivity contribution in [3.8, 4) is 17.0 Å². The third-order valence-corrected chi connectivity index (χ3v) is 4.05. The highest BCUT2D eigenvalue weighted by Crippen LogP contribution is 2.24. The summed E-state index contributed by atoms with van der Waals surface area (Å²) in [6.07, 6.45) is 2.60. The summed E-state index contributed by atoms with van der Waals surface area (Å²) in [4.78, 5) is 24.8. The molecule has 0 saturated carbocycles. The van der Waals surface area contributed by atoms with Crippen LogP contribution in [0.2, 0.25) is 0 Å². The topological polar surface area (TPSA) is 81.6 Å². The van der Waals surface area contributed by atoms with Crippen LogP contribution in [0.15, 0.2) is 36.5 Å². The van der Waals surface area contributed by atoms with Crippen molar-refractivity contribution in [3.63, 3.8) is 0 Å². The molecular weight excluding hydrogens is 346 g/mol. The second-order valence-corrected chi connectivity index (χ2v) is 7.47. The van der Waals surface area contributed by atoms with E-state index in [0.717, 1.165) is 18.3 Å². The maximum absolute atomic E-state index is 12.2. The number of hydrogen-bond acceptors (Lipinski definition) is 6. The van der Waals surface area contributed by atoms with Gasteiger partial charge in [-0.1, -0.05) is 18.2 Å². The lowest BCUT2D eigenvalue weighted by Crippen LogP contribution is -2.36. The molecular formula is C20H23N3O4. The van der Waals surface area contributed by atoms with Crippen molar-refractivity contribution in [2.24, 2.45) is 0 Å². The summed E-state index contributed by atoms with van der Waals surface area (Å²) in [6, 6.07) is 8.92. The number of aldehydes is 1. The number of carbonyl (C=O) groups is 2. The Bertz CT molecular complexity index is 832. The van der Waals surface area contributed by atoms with E-state index in [1.165, 1.54) is 0 Å². The van der Waals surface area contributed by atoms with E-state index in [0.29, 0.717) is 30.1 Å². The lowest BCUT2D eigenvalue weighted by Gasteiger charge is -2.24. The standard InChI is InChI=1S/C20H23N3O4/c1-20(2,3)27-19(25)23-8-7-16(12-23)26-17-10-18(22-21-11-17)15-6-4-5-14(9-15)13-24/h4-6,9-11,13,16H,7-8,12H2,1-3H3/t16-/m0/s1. The van der Waals surface area contributed by atoms with Crippen LogP contribution in [-0.2, 0) is 4.74 Å². The molecule has 1 saturated heterocycles. The molecule has 2 aromatic rings. The van der Waals surface area contributed by atoms with Gasteiger partial charge in [-0.2, -0.15) is 10.2 Å². The molecule has 0 radical (unpaired) electrons. The van der Waals surface area contributed by atoms with Gasteiger partial charge in [0.05, 0.1) is 18.4 Å². The molecule has 1 atom stereocenters. The molecule has 1 aliphatic rings. The fourth-order valence-corrected chi connectivity index (χ4v) is 2.83. The fourth-order valence-electron chi connectivity index (χ4n) is 2.83. The van der Waals surface area contributed by atoms with Crippen LogP contribution in [-0.4, -0.2) is 52.3 Å². The summed E-state index contributed by atoms with van der Waals surface area (Å²) in [5.41, 5.74) is 1.47. The molecule has 7 heteroatoms. The maximum Gasteiger partial charge on any atom is 0.410 e. The summed E-state index contributed by atoms with van der Waals surface area (Å²) in [5.74, 6) is 0.576.